The number of amides is 2. The fourth-order valence-corrected chi connectivity index (χ4v) is 4.31. The minimum absolute atomic E-state index is 0.0413. The zero-order valence-corrected chi connectivity index (χ0v) is 20.1. The summed E-state index contributed by atoms with van der Waals surface area (Å²) in [6.45, 7) is 2.87. The number of ether oxygens (including phenoxy) is 2. The van der Waals surface area contributed by atoms with Gasteiger partial charge in [0, 0.05) is 37.8 Å². The van der Waals surface area contributed by atoms with E-state index in [1.54, 1.807) is 35.0 Å². The molecule has 3 heterocycles. The van der Waals surface area contributed by atoms with E-state index in [1.165, 1.54) is 13.2 Å². The third-order valence-electron chi connectivity index (χ3n) is 6.23. The van der Waals surface area contributed by atoms with E-state index in [0.29, 0.717) is 43.1 Å². The Hall–Kier alpha value is -4.01. The van der Waals surface area contributed by atoms with Crippen molar-refractivity contribution in [1.29, 1.82) is 0 Å². The summed E-state index contributed by atoms with van der Waals surface area (Å²) >= 11 is 0. The van der Waals surface area contributed by atoms with Crippen molar-refractivity contribution < 1.29 is 23.5 Å². The number of hydrogen-bond acceptors (Lipinski definition) is 6. The van der Waals surface area contributed by atoms with Crippen molar-refractivity contribution in [3.8, 4) is 11.5 Å². The van der Waals surface area contributed by atoms with Gasteiger partial charge in [0.25, 0.3) is 11.5 Å². The van der Waals surface area contributed by atoms with Gasteiger partial charge in [-0.05, 0) is 36.8 Å². The molecule has 0 fully saturated rings. The molecule has 2 aromatic heterocycles. The number of pyridine rings is 1. The second-order valence-electron chi connectivity index (χ2n) is 8.39. The standard InChI is InChI=1S/C26H29N3O6/c1-17(21-5-4-14-35-21)27-26(32)25-20-10-11-28(12-13-29(20)24(31)16-22(25)34-3)23(30)15-18-6-8-19(33-2)9-7-18/h4-9,14,16-17H,10-13,15H2,1-3H3,(H,27,32). The Morgan fingerprint density at radius 1 is 1.09 bits per heavy atom. The summed E-state index contributed by atoms with van der Waals surface area (Å²) in [7, 11) is 3.03. The second kappa shape index (κ2) is 10.5. The third-order valence-corrected chi connectivity index (χ3v) is 6.23. The number of nitrogens with one attached hydrogen (secondary N) is 1. The fraction of sp³-hybridized carbons (Fsp3) is 0.346. The smallest absolute Gasteiger partial charge is 0.257 e. The van der Waals surface area contributed by atoms with Crippen LogP contribution in [0.4, 0.5) is 0 Å². The number of methoxy groups -OCH3 is 2. The van der Waals surface area contributed by atoms with Crippen LogP contribution in [0.1, 0.15) is 40.3 Å². The first-order chi connectivity index (χ1) is 16.9. The minimum atomic E-state index is -0.372. The highest BCUT2D eigenvalue weighted by Crippen LogP contribution is 2.24. The molecule has 0 bridgehead atoms. The highest BCUT2D eigenvalue weighted by molar-refractivity contribution is 5.98. The first-order valence-corrected chi connectivity index (χ1v) is 11.5. The van der Waals surface area contributed by atoms with Crippen LogP contribution in [0.5, 0.6) is 11.5 Å². The molecule has 35 heavy (non-hydrogen) atoms. The van der Waals surface area contributed by atoms with Gasteiger partial charge in [-0.15, -0.1) is 0 Å². The highest BCUT2D eigenvalue weighted by atomic mass is 16.5. The lowest BCUT2D eigenvalue weighted by Crippen LogP contribution is -2.35. The van der Waals surface area contributed by atoms with Gasteiger partial charge in [-0.3, -0.25) is 14.4 Å². The first kappa shape index (κ1) is 24.1. The maximum absolute atomic E-state index is 13.3. The van der Waals surface area contributed by atoms with Crippen molar-refractivity contribution in [2.45, 2.75) is 32.4 Å². The Kier molecular flexibility index (Phi) is 7.24. The normalized spacial score (nSPS) is 14.0. The molecule has 0 saturated heterocycles. The van der Waals surface area contributed by atoms with Crippen LogP contribution >= 0.6 is 0 Å². The molecule has 4 rings (SSSR count). The van der Waals surface area contributed by atoms with Crippen LogP contribution in [-0.4, -0.2) is 48.6 Å². The average molecular weight is 480 g/mol. The van der Waals surface area contributed by atoms with E-state index in [0.717, 1.165) is 11.3 Å². The van der Waals surface area contributed by atoms with Gasteiger partial charge in [0.05, 0.1) is 32.9 Å². The van der Waals surface area contributed by atoms with E-state index in [1.807, 2.05) is 31.2 Å². The summed E-state index contributed by atoms with van der Waals surface area (Å²) in [5.74, 6) is 1.15. The van der Waals surface area contributed by atoms with Gasteiger partial charge >= 0.3 is 0 Å². The summed E-state index contributed by atoms with van der Waals surface area (Å²) in [5.41, 5.74) is 1.47. The molecular formula is C26H29N3O6. The first-order valence-electron chi connectivity index (χ1n) is 11.5. The molecule has 9 nitrogen and oxygen atoms in total. The molecule has 0 radical (unpaired) electrons. The molecule has 3 aromatic rings. The van der Waals surface area contributed by atoms with Crippen LogP contribution in [0.15, 0.2) is 57.9 Å². The van der Waals surface area contributed by atoms with Crippen molar-refractivity contribution >= 4 is 11.8 Å². The summed E-state index contributed by atoms with van der Waals surface area (Å²) in [5, 5.41) is 2.92. The van der Waals surface area contributed by atoms with Gasteiger partial charge in [-0.2, -0.15) is 0 Å². The quantitative estimate of drug-likeness (QED) is 0.559. The van der Waals surface area contributed by atoms with Gasteiger partial charge in [-0.25, -0.2) is 0 Å². The predicted octanol–water partition coefficient (Wildman–Crippen LogP) is 2.58. The van der Waals surface area contributed by atoms with Crippen LogP contribution in [0.2, 0.25) is 0 Å². The summed E-state index contributed by atoms with van der Waals surface area (Å²) in [4.78, 5) is 40.9. The van der Waals surface area contributed by atoms with E-state index in [-0.39, 0.29) is 35.6 Å². The van der Waals surface area contributed by atoms with Gasteiger partial charge < -0.3 is 28.7 Å². The lowest BCUT2D eigenvalue weighted by molar-refractivity contribution is -0.130. The molecule has 1 atom stereocenters. The largest absolute Gasteiger partial charge is 0.497 e. The van der Waals surface area contributed by atoms with Crippen LogP contribution in [0.3, 0.4) is 0 Å². The number of rotatable bonds is 7. The summed E-state index contributed by atoms with van der Waals surface area (Å²) in [6, 6.07) is 11.9. The van der Waals surface area contributed by atoms with Crippen molar-refractivity contribution in [1.82, 2.24) is 14.8 Å². The number of nitrogens with zero attached hydrogens (tertiary/aromatic N) is 2. The van der Waals surface area contributed by atoms with Crippen LogP contribution in [-0.2, 0) is 24.2 Å². The molecule has 9 heteroatoms. The van der Waals surface area contributed by atoms with Crippen molar-refractivity contribution in [3.63, 3.8) is 0 Å². The van der Waals surface area contributed by atoms with Crippen molar-refractivity contribution in [2.24, 2.45) is 0 Å². The lowest BCUT2D eigenvalue weighted by Gasteiger charge is -2.20. The number of fused-ring (bicyclic) bond motifs is 1. The Morgan fingerprint density at radius 3 is 2.51 bits per heavy atom. The zero-order chi connectivity index (χ0) is 24.9. The molecule has 1 aliphatic rings. The highest BCUT2D eigenvalue weighted by Gasteiger charge is 2.27. The van der Waals surface area contributed by atoms with E-state index < -0.39 is 0 Å². The lowest BCUT2D eigenvalue weighted by atomic mass is 10.1. The van der Waals surface area contributed by atoms with E-state index in [2.05, 4.69) is 5.32 Å². The Bertz CT molecular complexity index is 1250. The van der Waals surface area contributed by atoms with Gasteiger partial charge in [0.1, 0.15) is 22.8 Å². The zero-order valence-electron chi connectivity index (χ0n) is 20.1. The maximum atomic E-state index is 13.3. The van der Waals surface area contributed by atoms with Gasteiger partial charge in [-0.1, -0.05) is 12.1 Å². The number of hydrogen-bond donors (Lipinski definition) is 1. The number of furan rings is 1. The molecule has 184 valence electrons. The van der Waals surface area contributed by atoms with Gasteiger partial charge in [0.2, 0.25) is 5.91 Å². The Labute approximate surface area is 203 Å². The van der Waals surface area contributed by atoms with Crippen molar-refractivity contribution in [3.05, 3.63) is 81.7 Å². The summed E-state index contributed by atoms with van der Waals surface area (Å²) in [6.07, 6.45) is 2.13. The van der Waals surface area contributed by atoms with E-state index in [9.17, 15) is 14.4 Å². The molecule has 1 unspecified atom stereocenters. The van der Waals surface area contributed by atoms with E-state index in [4.69, 9.17) is 13.9 Å². The fourth-order valence-electron chi connectivity index (χ4n) is 4.31. The molecule has 0 aliphatic carbocycles. The molecule has 1 aliphatic heterocycles. The van der Waals surface area contributed by atoms with Crippen LogP contribution in [0, 0.1) is 0 Å². The van der Waals surface area contributed by atoms with Gasteiger partial charge in [0.15, 0.2) is 0 Å². The number of carbonyl (C=O) groups excluding carboxylic acids is 2. The second-order valence-corrected chi connectivity index (χ2v) is 8.39. The number of benzene rings is 1. The van der Waals surface area contributed by atoms with Crippen LogP contribution in [0.25, 0.3) is 0 Å². The predicted molar refractivity (Wildman–Crippen MR) is 129 cm³/mol. The molecule has 0 spiro atoms. The SMILES string of the molecule is COc1ccc(CC(=O)N2CCc3c(C(=O)NC(C)c4ccco4)c(OC)cc(=O)n3CC2)cc1. The number of aromatic nitrogens is 1. The van der Waals surface area contributed by atoms with E-state index >= 15 is 0 Å². The maximum Gasteiger partial charge on any atom is 0.257 e. The van der Waals surface area contributed by atoms with Crippen LogP contribution < -0.4 is 20.3 Å². The molecule has 0 saturated carbocycles. The molecule has 1 aromatic carbocycles. The third kappa shape index (κ3) is 5.24. The monoisotopic (exact) mass is 479 g/mol. The summed E-state index contributed by atoms with van der Waals surface area (Å²) < 4.78 is 17.5. The molecule has 1 N–H and O–H groups in total. The average Bonchev–Trinajstić information content (AvgIpc) is 3.31. The molecular weight excluding hydrogens is 450 g/mol. The topological polar surface area (TPSA) is 103 Å². The molecule has 2 amide bonds. The minimum Gasteiger partial charge on any atom is -0.497 e. The number of carbonyl (C=O) groups is 2. The Morgan fingerprint density at radius 2 is 1.86 bits per heavy atom. The Balaban J connectivity index is 1.55. The van der Waals surface area contributed by atoms with Crippen molar-refractivity contribution in [2.75, 3.05) is 27.3 Å².